The number of benzene rings is 2. The molecule has 2 aromatic carbocycles. The summed E-state index contributed by atoms with van der Waals surface area (Å²) >= 11 is 3.42. The Hall–Kier alpha value is -2.64. The first-order chi connectivity index (χ1) is 15.0. The number of amides is 1. The van der Waals surface area contributed by atoms with Crippen LogP contribution in [0.15, 0.2) is 58.6 Å². The van der Waals surface area contributed by atoms with Crippen LogP contribution in [0.2, 0.25) is 0 Å². The molecule has 31 heavy (non-hydrogen) atoms. The number of carbonyl (C=O) groups is 2. The molecule has 2 aliphatic heterocycles. The summed E-state index contributed by atoms with van der Waals surface area (Å²) < 4.78 is 12.1. The van der Waals surface area contributed by atoms with Gasteiger partial charge in [-0.3, -0.25) is 9.59 Å². The summed E-state index contributed by atoms with van der Waals surface area (Å²) in [5.41, 5.74) is 1.31. The van der Waals surface area contributed by atoms with E-state index in [-0.39, 0.29) is 17.4 Å². The predicted octanol–water partition coefficient (Wildman–Crippen LogP) is 4.45. The maximum atomic E-state index is 13.0. The molecule has 2 atom stereocenters. The molecule has 162 valence electrons. The van der Waals surface area contributed by atoms with Crippen LogP contribution in [0, 0.1) is 0 Å². The van der Waals surface area contributed by atoms with E-state index >= 15 is 0 Å². The van der Waals surface area contributed by atoms with Crippen LogP contribution < -0.4 is 4.74 Å². The van der Waals surface area contributed by atoms with Gasteiger partial charge in [0.05, 0.1) is 24.3 Å². The van der Waals surface area contributed by atoms with E-state index in [1.165, 1.54) is 4.90 Å². The molecule has 7 heteroatoms. The van der Waals surface area contributed by atoms with Crippen LogP contribution in [0.5, 0.6) is 5.75 Å². The van der Waals surface area contributed by atoms with Gasteiger partial charge in [-0.25, -0.2) is 0 Å². The van der Waals surface area contributed by atoms with Crippen molar-refractivity contribution < 1.29 is 24.2 Å². The second-order valence-electron chi connectivity index (χ2n) is 7.60. The number of carbonyl (C=O) groups excluding carboxylic acids is 2. The van der Waals surface area contributed by atoms with E-state index < -0.39 is 17.7 Å². The number of aliphatic hydroxyl groups excluding tert-OH is 1. The zero-order chi connectivity index (χ0) is 22.0. The monoisotopic (exact) mass is 485 g/mol. The lowest BCUT2D eigenvalue weighted by Gasteiger charge is -2.27. The number of hydrogen-bond acceptors (Lipinski definition) is 5. The van der Waals surface area contributed by atoms with Crippen molar-refractivity contribution in [2.45, 2.75) is 31.9 Å². The highest BCUT2D eigenvalue weighted by atomic mass is 79.9. The zero-order valence-electron chi connectivity index (χ0n) is 17.2. The Balaban J connectivity index is 1.77. The number of aliphatic hydroxyl groups is 1. The molecule has 2 fully saturated rings. The molecule has 2 saturated heterocycles. The Morgan fingerprint density at radius 2 is 1.87 bits per heavy atom. The number of halogens is 1. The van der Waals surface area contributed by atoms with Crippen molar-refractivity contribution in [1.82, 2.24) is 4.90 Å². The van der Waals surface area contributed by atoms with Gasteiger partial charge in [0, 0.05) is 23.2 Å². The van der Waals surface area contributed by atoms with Gasteiger partial charge in [-0.15, -0.1) is 0 Å². The summed E-state index contributed by atoms with van der Waals surface area (Å²) in [6.45, 7) is 3.39. The van der Waals surface area contributed by atoms with Crippen LogP contribution in [0.3, 0.4) is 0 Å². The predicted molar refractivity (Wildman–Crippen MR) is 120 cm³/mol. The first-order valence-electron chi connectivity index (χ1n) is 10.4. The first kappa shape index (κ1) is 21.6. The largest absolute Gasteiger partial charge is 0.507 e. The SMILES string of the molecule is CCOc1ccc(C(O)=C2C(=O)C(=O)N(C[C@@H]3CCCO3)[C@@H]2c2ccc(Br)cc2)cc1. The van der Waals surface area contributed by atoms with Gasteiger partial charge in [0.1, 0.15) is 11.5 Å². The normalized spacial score (nSPS) is 22.8. The average Bonchev–Trinajstić information content (AvgIpc) is 3.37. The summed E-state index contributed by atoms with van der Waals surface area (Å²) in [5.74, 6) is -0.820. The second-order valence-corrected chi connectivity index (χ2v) is 8.51. The molecule has 0 unspecified atom stereocenters. The summed E-state index contributed by atoms with van der Waals surface area (Å²) in [5, 5.41) is 11.1. The Morgan fingerprint density at radius 3 is 2.48 bits per heavy atom. The topological polar surface area (TPSA) is 76.1 Å². The fourth-order valence-electron chi connectivity index (χ4n) is 4.10. The number of ketones is 1. The van der Waals surface area contributed by atoms with Crippen LogP contribution in [-0.2, 0) is 14.3 Å². The number of Topliss-reactive ketones (excluding diaryl/α,β-unsaturated/α-hetero) is 1. The third-order valence-electron chi connectivity index (χ3n) is 5.59. The number of likely N-dealkylation sites (tertiary alicyclic amines) is 1. The number of hydrogen-bond donors (Lipinski definition) is 1. The smallest absolute Gasteiger partial charge is 0.295 e. The molecular weight excluding hydrogens is 462 g/mol. The Bertz CT molecular complexity index is 994. The van der Waals surface area contributed by atoms with Crippen LogP contribution in [0.4, 0.5) is 0 Å². The minimum atomic E-state index is -0.683. The molecule has 0 spiro atoms. The standard InChI is InChI=1S/C24H24BrNO5/c1-2-30-18-11-7-16(8-12-18)22(27)20-21(15-5-9-17(25)10-6-15)26(24(29)23(20)28)14-19-4-3-13-31-19/h5-12,19,21,27H,2-4,13-14H2,1H3/t19-,21+/m0/s1. The van der Waals surface area contributed by atoms with Crippen molar-refractivity contribution in [2.75, 3.05) is 19.8 Å². The van der Waals surface area contributed by atoms with E-state index in [0.717, 1.165) is 22.9 Å². The quantitative estimate of drug-likeness (QED) is 0.371. The van der Waals surface area contributed by atoms with E-state index in [2.05, 4.69) is 15.9 Å². The van der Waals surface area contributed by atoms with E-state index in [4.69, 9.17) is 9.47 Å². The molecule has 0 aliphatic carbocycles. The minimum absolute atomic E-state index is 0.0921. The molecule has 2 aromatic rings. The average molecular weight is 486 g/mol. The Morgan fingerprint density at radius 1 is 1.16 bits per heavy atom. The molecule has 1 N–H and O–H groups in total. The zero-order valence-corrected chi connectivity index (χ0v) is 18.8. The van der Waals surface area contributed by atoms with Crippen molar-refractivity contribution in [1.29, 1.82) is 0 Å². The van der Waals surface area contributed by atoms with Crippen molar-refractivity contribution in [2.24, 2.45) is 0 Å². The number of rotatable bonds is 6. The van der Waals surface area contributed by atoms with Gasteiger partial charge >= 0.3 is 0 Å². The van der Waals surface area contributed by atoms with Gasteiger partial charge in [-0.05, 0) is 61.7 Å². The van der Waals surface area contributed by atoms with Gasteiger partial charge < -0.3 is 19.5 Å². The third kappa shape index (κ3) is 4.38. The van der Waals surface area contributed by atoms with Crippen LogP contribution in [-0.4, -0.2) is 47.6 Å². The van der Waals surface area contributed by atoms with Gasteiger partial charge in [0.2, 0.25) is 0 Å². The summed E-state index contributed by atoms with van der Waals surface area (Å²) in [7, 11) is 0. The van der Waals surface area contributed by atoms with Crippen LogP contribution in [0.1, 0.15) is 36.9 Å². The lowest BCUT2D eigenvalue weighted by atomic mass is 9.95. The highest BCUT2D eigenvalue weighted by Gasteiger charge is 2.47. The molecule has 6 nitrogen and oxygen atoms in total. The lowest BCUT2D eigenvalue weighted by Crippen LogP contribution is -2.36. The van der Waals surface area contributed by atoms with Gasteiger partial charge in [0.25, 0.3) is 11.7 Å². The molecule has 0 radical (unpaired) electrons. The maximum absolute atomic E-state index is 13.0. The van der Waals surface area contributed by atoms with Crippen molar-refractivity contribution in [3.63, 3.8) is 0 Å². The van der Waals surface area contributed by atoms with E-state index in [1.807, 2.05) is 31.2 Å². The van der Waals surface area contributed by atoms with Crippen LogP contribution in [0.25, 0.3) is 5.76 Å². The van der Waals surface area contributed by atoms with Crippen molar-refractivity contribution in [3.05, 3.63) is 69.7 Å². The highest BCUT2D eigenvalue weighted by Crippen LogP contribution is 2.40. The molecular formula is C24H24BrNO5. The number of nitrogens with zero attached hydrogens (tertiary/aromatic N) is 1. The Kier molecular flexibility index (Phi) is 6.43. The van der Waals surface area contributed by atoms with Gasteiger partial charge in [-0.2, -0.15) is 0 Å². The molecule has 1 amide bonds. The summed E-state index contributed by atoms with van der Waals surface area (Å²) in [6, 6.07) is 13.6. The molecule has 0 bridgehead atoms. The fourth-order valence-corrected chi connectivity index (χ4v) is 4.36. The second kappa shape index (κ2) is 9.24. The molecule has 0 saturated carbocycles. The van der Waals surface area contributed by atoms with Gasteiger partial charge in [-0.1, -0.05) is 28.1 Å². The highest BCUT2D eigenvalue weighted by molar-refractivity contribution is 9.10. The van der Waals surface area contributed by atoms with E-state index in [0.29, 0.717) is 31.1 Å². The first-order valence-corrected chi connectivity index (χ1v) is 11.2. The third-order valence-corrected chi connectivity index (χ3v) is 6.12. The van der Waals surface area contributed by atoms with Crippen LogP contribution >= 0.6 is 15.9 Å². The fraction of sp³-hybridized carbons (Fsp3) is 0.333. The molecule has 2 aliphatic rings. The minimum Gasteiger partial charge on any atom is -0.507 e. The number of ether oxygens (including phenoxy) is 2. The summed E-state index contributed by atoms with van der Waals surface area (Å²) in [4.78, 5) is 27.5. The molecule has 4 rings (SSSR count). The maximum Gasteiger partial charge on any atom is 0.295 e. The molecule has 0 aromatic heterocycles. The van der Waals surface area contributed by atoms with Gasteiger partial charge in [0.15, 0.2) is 0 Å². The lowest BCUT2D eigenvalue weighted by molar-refractivity contribution is -0.140. The van der Waals surface area contributed by atoms with Crippen molar-refractivity contribution >= 4 is 33.4 Å². The van der Waals surface area contributed by atoms with E-state index in [9.17, 15) is 14.7 Å². The molecule has 2 heterocycles. The summed E-state index contributed by atoms with van der Waals surface area (Å²) in [6.07, 6.45) is 1.67. The van der Waals surface area contributed by atoms with E-state index in [1.54, 1.807) is 24.3 Å². The van der Waals surface area contributed by atoms with Crippen molar-refractivity contribution in [3.8, 4) is 5.75 Å². The Labute approximate surface area is 189 Å².